The van der Waals surface area contributed by atoms with Crippen molar-refractivity contribution in [2.45, 2.75) is 0 Å². The first-order chi connectivity index (χ1) is 11.3. The molecule has 3 aromatic carbocycles. The number of para-hydroxylation sites is 1. The van der Waals surface area contributed by atoms with E-state index < -0.39 is 0 Å². The van der Waals surface area contributed by atoms with Gasteiger partial charge >= 0.3 is 6.01 Å². The fourth-order valence-electron chi connectivity index (χ4n) is 2.36. The molecule has 0 fully saturated rings. The molecule has 0 unspecified atom stereocenters. The molecular weight excluding hydrogens is 356 g/mol. The fraction of sp³-hybridized carbons (Fsp3) is 0. The maximum atomic E-state index is 5.92. The molecule has 0 saturated heterocycles. The zero-order chi connectivity index (χ0) is 15.6. The predicted molar refractivity (Wildman–Crippen MR) is 90.9 cm³/mol. The third-order valence-corrected chi connectivity index (χ3v) is 4.29. The number of rotatable bonds is 3. The lowest BCUT2D eigenvalue weighted by atomic mass is 10.1. The second kappa shape index (κ2) is 5.81. The van der Waals surface area contributed by atoms with Crippen LogP contribution >= 0.6 is 15.9 Å². The molecule has 1 heterocycles. The smallest absolute Gasteiger partial charge is 0.345 e. The summed E-state index contributed by atoms with van der Waals surface area (Å²) in [6.07, 6.45) is 0. The lowest BCUT2D eigenvalue weighted by molar-refractivity contribution is 0.425. The number of aromatic nitrogens is 4. The Morgan fingerprint density at radius 3 is 2.52 bits per heavy atom. The monoisotopic (exact) mass is 366 g/mol. The summed E-state index contributed by atoms with van der Waals surface area (Å²) in [5, 5.41) is 13.9. The van der Waals surface area contributed by atoms with Crippen LogP contribution in [0.15, 0.2) is 71.2 Å². The van der Waals surface area contributed by atoms with Crippen molar-refractivity contribution in [2.24, 2.45) is 0 Å². The minimum atomic E-state index is 0.312. The van der Waals surface area contributed by atoms with E-state index in [9.17, 15) is 0 Å². The van der Waals surface area contributed by atoms with Gasteiger partial charge in [-0.1, -0.05) is 53.6 Å². The average Bonchev–Trinajstić information content (AvgIpc) is 3.07. The Hall–Kier alpha value is -2.73. The van der Waals surface area contributed by atoms with Crippen LogP contribution in [-0.2, 0) is 0 Å². The molecule has 0 amide bonds. The molecule has 0 N–H and O–H groups in total. The van der Waals surface area contributed by atoms with Crippen LogP contribution in [-0.4, -0.2) is 20.2 Å². The van der Waals surface area contributed by atoms with Gasteiger partial charge in [-0.05, 0) is 55.3 Å². The van der Waals surface area contributed by atoms with Gasteiger partial charge < -0.3 is 4.74 Å². The molecule has 0 saturated carbocycles. The Bertz CT molecular complexity index is 969. The summed E-state index contributed by atoms with van der Waals surface area (Å²) in [5.74, 6) is 0.663. The molecule has 4 aromatic rings. The van der Waals surface area contributed by atoms with E-state index in [1.807, 2.05) is 60.7 Å². The second-order valence-corrected chi connectivity index (χ2v) is 5.70. The molecule has 1 aromatic heterocycles. The average molecular weight is 367 g/mol. The third-order valence-electron chi connectivity index (χ3n) is 3.47. The van der Waals surface area contributed by atoms with E-state index in [0.717, 1.165) is 20.9 Å². The zero-order valence-electron chi connectivity index (χ0n) is 11.9. The molecular formula is C17H11BrN4O. The van der Waals surface area contributed by atoms with Crippen molar-refractivity contribution in [3.8, 4) is 17.4 Å². The first-order valence-electron chi connectivity index (χ1n) is 7.02. The van der Waals surface area contributed by atoms with Gasteiger partial charge in [0.1, 0.15) is 5.75 Å². The topological polar surface area (TPSA) is 52.8 Å². The first-order valence-corrected chi connectivity index (χ1v) is 7.81. The number of tetrazole rings is 1. The van der Waals surface area contributed by atoms with Crippen LogP contribution in [0, 0.1) is 0 Å². The number of benzene rings is 3. The third kappa shape index (κ3) is 2.57. The normalized spacial score (nSPS) is 10.8. The van der Waals surface area contributed by atoms with Crippen LogP contribution in [0.25, 0.3) is 16.5 Å². The molecule has 23 heavy (non-hydrogen) atoms. The Morgan fingerprint density at radius 2 is 1.65 bits per heavy atom. The van der Waals surface area contributed by atoms with Crippen molar-refractivity contribution < 1.29 is 4.74 Å². The van der Waals surface area contributed by atoms with Crippen molar-refractivity contribution in [3.05, 3.63) is 71.2 Å². The van der Waals surface area contributed by atoms with E-state index in [2.05, 4.69) is 37.5 Å². The highest BCUT2D eigenvalue weighted by molar-refractivity contribution is 9.10. The van der Waals surface area contributed by atoms with Crippen molar-refractivity contribution in [1.82, 2.24) is 20.2 Å². The van der Waals surface area contributed by atoms with Gasteiger partial charge in [0.2, 0.25) is 0 Å². The van der Waals surface area contributed by atoms with Crippen LogP contribution in [0.4, 0.5) is 0 Å². The minimum absolute atomic E-state index is 0.312. The van der Waals surface area contributed by atoms with Crippen molar-refractivity contribution in [1.29, 1.82) is 0 Å². The zero-order valence-corrected chi connectivity index (χ0v) is 13.5. The predicted octanol–water partition coefficient (Wildman–Crippen LogP) is 4.37. The maximum Gasteiger partial charge on any atom is 0.345 e. The molecule has 5 nitrogen and oxygen atoms in total. The number of hydrogen-bond acceptors (Lipinski definition) is 4. The Labute approximate surface area is 140 Å². The summed E-state index contributed by atoms with van der Waals surface area (Å²) in [6, 6.07) is 21.9. The Kier molecular flexibility index (Phi) is 3.51. The number of fused-ring (bicyclic) bond motifs is 1. The maximum absolute atomic E-state index is 5.92. The summed E-state index contributed by atoms with van der Waals surface area (Å²) in [6.45, 7) is 0. The molecule has 0 bridgehead atoms. The summed E-state index contributed by atoms with van der Waals surface area (Å²) < 4.78 is 8.35. The van der Waals surface area contributed by atoms with Crippen LogP contribution in [0.3, 0.4) is 0 Å². The highest BCUT2D eigenvalue weighted by atomic mass is 79.9. The van der Waals surface area contributed by atoms with Gasteiger partial charge in [0.15, 0.2) is 0 Å². The van der Waals surface area contributed by atoms with Gasteiger partial charge in [-0.2, -0.15) is 4.68 Å². The summed E-state index contributed by atoms with van der Waals surface area (Å²) in [7, 11) is 0. The molecule has 0 aliphatic rings. The highest BCUT2D eigenvalue weighted by Gasteiger charge is 2.13. The highest BCUT2D eigenvalue weighted by Crippen LogP contribution is 2.35. The van der Waals surface area contributed by atoms with Crippen LogP contribution in [0.1, 0.15) is 0 Å². The van der Waals surface area contributed by atoms with Crippen LogP contribution < -0.4 is 4.74 Å². The van der Waals surface area contributed by atoms with E-state index >= 15 is 0 Å². The van der Waals surface area contributed by atoms with E-state index in [-0.39, 0.29) is 0 Å². The fourth-order valence-corrected chi connectivity index (χ4v) is 2.94. The number of ether oxygens (including phenoxy) is 1. The molecule has 4 rings (SSSR count). The molecule has 0 radical (unpaired) electrons. The van der Waals surface area contributed by atoms with Crippen molar-refractivity contribution in [3.63, 3.8) is 0 Å². The minimum Gasteiger partial charge on any atom is -0.422 e. The van der Waals surface area contributed by atoms with Gasteiger partial charge in [0.05, 0.1) is 10.2 Å². The van der Waals surface area contributed by atoms with Crippen molar-refractivity contribution >= 4 is 26.7 Å². The lowest BCUT2D eigenvalue weighted by Crippen LogP contribution is -2.00. The van der Waals surface area contributed by atoms with Gasteiger partial charge in [-0.25, -0.2) is 0 Å². The van der Waals surface area contributed by atoms with E-state index in [1.165, 1.54) is 0 Å². The molecule has 6 heteroatoms. The first kappa shape index (κ1) is 13.9. The van der Waals surface area contributed by atoms with Crippen LogP contribution in [0.2, 0.25) is 0 Å². The summed E-state index contributed by atoms with van der Waals surface area (Å²) in [5.41, 5.74) is 0.837. The Balaban J connectivity index is 1.75. The second-order valence-electron chi connectivity index (χ2n) is 4.91. The van der Waals surface area contributed by atoms with Crippen molar-refractivity contribution in [2.75, 3.05) is 0 Å². The van der Waals surface area contributed by atoms with E-state index in [0.29, 0.717) is 11.8 Å². The SMILES string of the molecule is Brc1c(Oc2nnnn2-c2ccccc2)ccc2ccccc12. The largest absolute Gasteiger partial charge is 0.422 e. The standard InChI is InChI=1S/C17H11BrN4O/c18-16-14-9-5-4-6-12(14)10-11-15(16)23-17-19-20-21-22(17)13-7-2-1-3-8-13/h1-11H. The van der Waals surface area contributed by atoms with E-state index in [1.54, 1.807) is 4.68 Å². The lowest BCUT2D eigenvalue weighted by Gasteiger charge is -2.09. The van der Waals surface area contributed by atoms with Gasteiger partial charge in [-0.15, -0.1) is 0 Å². The van der Waals surface area contributed by atoms with Gasteiger partial charge in [0, 0.05) is 0 Å². The molecule has 112 valence electrons. The molecule has 0 atom stereocenters. The number of hydrogen-bond donors (Lipinski definition) is 0. The van der Waals surface area contributed by atoms with Gasteiger partial charge in [0.25, 0.3) is 0 Å². The quantitative estimate of drug-likeness (QED) is 0.540. The summed E-state index contributed by atoms with van der Waals surface area (Å²) >= 11 is 3.61. The Morgan fingerprint density at radius 1 is 0.870 bits per heavy atom. The van der Waals surface area contributed by atoms with Crippen LogP contribution in [0.5, 0.6) is 11.8 Å². The van der Waals surface area contributed by atoms with Gasteiger partial charge in [-0.3, -0.25) is 0 Å². The molecule has 0 aliphatic carbocycles. The molecule has 0 aliphatic heterocycles. The van der Waals surface area contributed by atoms with E-state index in [4.69, 9.17) is 4.74 Å². The summed E-state index contributed by atoms with van der Waals surface area (Å²) in [4.78, 5) is 0. The number of halogens is 1. The molecule has 0 spiro atoms. The number of nitrogens with zero attached hydrogens (tertiary/aromatic N) is 4.